The number of ether oxygens (including phenoxy) is 1. The Morgan fingerprint density at radius 1 is 0.967 bits per heavy atom. The van der Waals surface area contributed by atoms with Crippen molar-refractivity contribution in [3.05, 3.63) is 77.6 Å². The van der Waals surface area contributed by atoms with Gasteiger partial charge in [-0.1, -0.05) is 30.3 Å². The van der Waals surface area contributed by atoms with Gasteiger partial charge in [-0.3, -0.25) is 14.9 Å². The number of rotatable bonds is 4. The summed E-state index contributed by atoms with van der Waals surface area (Å²) >= 11 is 0. The highest BCUT2D eigenvalue weighted by atomic mass is 19.1. The van der Waals surface area contributed by atoms with E-state index >= 15 is 0 Å². The molecule has 6 nitrogen and oxygen atoms in total. The number of fused-ring (bicyclic) bond motifs is 1. The van der Waals surface area contributed by atoms with Crippen molar-refractivity contribution in [2.24, 2.45) is 0 Å². The van der Waals surface area contributed by atoms with Crippen molar-refractivity contribution in [2.45, 2.75) is 6.92 Å². The second-order valence-corrected chi connectivity index (χ2v) is 6.57. The summed E-state index contributed by atoms with van der Waals surface area (Å²) in [6.45, 7) is 2.39. The average Bonchev–Trinajstić information content (AvgIpc) is 2.74. The van der Waals surface area contributed by atoms with Gasteiger partial charge in [0.25, 0.3) is 11.8 Å². The quantitative estimate of drug-likeness (QED) is 0.526. The van der Waals surface area contributed by atoms with Gasteiger partial charge in [0.05, 0.1) is 12.3 Å². The molecule has 1 saturated heterocycles. The zero-order valence-corrected chi connectivity index (χ0v) is 16.0. The molecular formula is C23H17FN2O4. The number of hydrogen-bond donors (Lipinski definition) is 1. The predicted octanol–water partition coefficient (Wildman–Crippen LogP) is 4.04. The predicted molar refractivity (Wildman–Crippen MR) is 111 cm³/mol. The molecule has 0 aromatic heterocycles. The minimum atomic E-state index is -0.884. The van der Waals surface area contributed by atoms with Crippen molar-refractivity contribution in [2.75, 3.05) is 11.5 Å². The molecule has 4 amide bonds. The highest BCUT2D eigenvalue weighted by Gasteiger charge is 2.36. The molecule has 1 fully saturated rings. The molecule has 4 rings (SSSR count). The van der Waals surface area contributed by atoms with E-state index in [1.807, 2.05) is 31.2 Å². The van der Waals surface area contributed by atoms with Crippen molar-refractivity contribution >= 4 is 40.4 Å². The van der Waals surface area contributed by atoms with Gasteiger partial charge < -0.3 is 4.74 Å². The number of amides is 4. The lowest BCUT2D eigenvalue weighted by Crippen LogP contribution is -2.54. The minimum Gasteiger partial charge on any atom is -0.493 e. The van der Waals surface area contributed by atoms with Gasteiger partial charge in [0.2, 0.25) is 0 Å². The van der Waals surface area contributed by atoms with E-state index in [0.29, 0.717) is 17.9 Å². The lowest BCUT2D eigenvalue weighted by Gasteiger charge is -2.26. The average molecular weight is 404 g/mol. The van der Waals surface area contributed by atoms with Crippen molar-refractivity contribution in [1.29, 1.82) is 0 Å². The summed E-state index contributed by atoms with van der Waals surface area (Å²) in [4.78, 5) is 38.5. The smallest absolute Gasteiger partial charge is 0.335 e. The molecule has 3 aromatic rings. The van der Waals surface area contributed by atoms with E-state index in [1.165, 1.54) is 18.2 Å². The Morgan fingerprint density at radius 3 is 2.37 bits per heavy atom. The Bertz CT molecular complexity index is 1200. The number of nitrogens with zero attached hydrogens (tertiary/aromatic N) is 1. The van der Waals surface area contributed by atoms with E-state index in [9.17, 15) is 18.8 Å². The lowest BCUT2D eigenvalue weighted by molar-refractivity contribution is -0.122. The molecule has 0 bridgehead atoms. The minimum absolute atomic E-state index is 0.161. The topological polar surface area (TPSA) is 75.7 Å². The van der Waals surface area contributed by atoms with Crippen LogP contribution in [0.2, 0.25) is 0 Å². The normalized spacial score (nSPS) is 15.6. The second-order valence-electron chi connectivity index (χ2n) is 6.57. The van der Waals surface area contributed by atoms with Crippen LogP contribution >= 0.6 is 0 Å². The molecule has 30 heavy (non-hydrogen) atoms. The van der Waals surface area contributed by atoms with E-state index in [1.54, 1.807) is 12.1 Å². The van der Waals surface area contributed by atoms with Crippen LogP contribution in [0.15, 0.2) is 66.2 Å². The fourth-order valence-corrected chi connectivity index (χ4v) is 3.34. The Kier molecular flexibility index (Phi) is 5.02. The maximum Gasteiger partial charge on any atom is 0.335 e. The number of halogens is 1. The van der Waals surface area contributed by atoms with Crippen LogP contribution in [0.25, 0.3) is 16.8 Å². The highest BCUT2D eigenvalue weighted by molar-refractivity contribution is 6.39. The number of carbonyl (C=O) groups excluding carboxylic acids is 3. The third kappa shape index (κ3) is 3.41. The molecule has 1 aliphatic heterocycles. The molecule has 1 heterocycles. The van der Waals surface area contributed by atoms with Crippen LogP contribution in [-0.2, 0) is 9.59 Å². The SMILES string of the molecule is CCOc1ccc(/C=C2\C(=O)NC(=O)N(c3ccc(F)cc3)C2=O)c2ccccc12. The van der Waals surface area contributed by atoms with Crippen LogP contribution in [0, 0.1) is 5.82 Å². The van der Waals surface area contributed by atoms with Crippen LogP contribution in [0.4, 0.5) is 14.9 Å². The summed E-state index contributed by atoms with van der Waals surface area (Å²) in [5, 5.41) is 3.79. The number of barbiturate groups is 1. The van der Waals surface area contributed by atoms with Crippen LogP contribution < -0.4 is 15.0 Å². The summed E-state index contributed by atoms with van der Waals surface area (Å²) in [6, 6.07) is 15.0. The molecule has 7 heteroatoms. The van der Waals surface area contributed by atoms with Crippen LogP contribution in [-0.4, -0.2) is 24.5 Å². The van der Waals surface area contributed by atoms with Crippen molar-refractivity contribution < 1.29 is 23.5 Å². The summed E-state index contributed by atoms with van der Waals surface area (Å²) in [7, 11) is 0. The van der Waals surface area contributed by atoms with Crippen molar-refractivity contribution in [1.82, 2.24) is 5.32 Å². The van der Waals surface area contributed by atoms with E-state index in [2.05, 4.69) is 5.32 Å². The molecule has 0 unspecified atom stereocenters. The number of urea groups is 1. The standard InChI is InChI=1S/C23H17FN2O4/c1-2-30-20-12-7-14(17-5-3-4-6-18(17)20)13-19-21(27)25-23(29)26(22(19)28)16-10-8-15(24)9-11-16/h3-13H,2H2,1H3,(H,25,27,29)/b19-13+. The van der Waals surface area contributed by atoms with Crippen molar-refractivity contribution in [3.63, 3.8) is 0 Å². The number of anilines is 1. The number of imide groups is 2. The lowest BCUT2D eigenvalue weighted by atomic mass is 10.00. The molecule has 0 atom stereocenters. The number of carbonyl (C=O) groups is 3. The number of benzene rings is 3. The fraction of sp³-hybridized carbons (Fsp3) is 0.0870. The molecule has 0 spiro atoms. The first-order valence-electron chi connectivity index (χ1n) is 9.31. The Morgan fingerprint density at radius 2 is 1.67 bits per heavy atom. The molecule has 150 valence electrons. The van der Waals surface area contributed by atoms with E-state index < -0.39 is 23.7 Å². The maximum absolute atomic E-state index is 13.2. The molecular weight excluding hydrogens is 387 g/mol. The molecule has 0 saturated carbocycles. The first kappa shape index (κ1) is 19.3. The maximum atomic E-state index is 13.2. The first-order valence-corrected chi connectivity index (χ1v) is 9.31. The first-order chi connectivity index (χ1) is 14.5. The zero-order chi connectivity index (χ0) is 21.3. The van der Waals surface area contributed by atoms with Gasteiger partial charge in [-0.25, -0.2) is 14.1 Å². The largest absolute Gasteiger partial charge is 0.493 e. The Balaban J connectivity index is 1.80. The van der Waals surface area contributed by atoms with Gasteiger partial charge in [0.1, 0.15) is 17.1 Å². The Hall–Kier alpha value is -4.00. The fourth-order valence-electron chi connectivity index (χ4n) is 3.34. The second kappa shape index (κ2) is 7.79. The van der Waals surface area contributed by atoms with E-state index in [-0.39, 0.29) is 11.3 Å². The van der Waals surface area contributed by atoms with Gasteiger partial charge in [0, 0.05) is 5.39 Å². The number of nitrogens with one attached hydrogen (secondary N) is 1. The van der Waals surface area contributed by atoms with Crippen molar-refractivity contribution in [3.8, 4) is 5.75 Å². The molecule has 0 aliphatic carbocycles. The summed E-state index contributed by atoms with van der Waals surface area (Å²) in [5.41, 5.74) is 0.586. The third-order valence-corrected chi connectivity index (χ3v) is 4.70. The van der Waals surface area contributed by atoms with Crippen LogP contribution in [0.3, 0.4) is 0 Å². The molecule has 1 N–H and O–H groups in total. The van der Waals surface area contributed by atoms with Gasteiger partial charge in [-0.15, -0.1) is 0 Å². The molecule has 0 radical (unpaired) electrons. The van der Waals surface area contributed by atoms with Gasteiger partial charge in [0.15, 0.2) is 0 Å². The summed E-state index contributed by atoms with van der Waals surface area (Å²) < 4.78 is 18.9. The van der Waals surface area contributed by atoms with Gasteiger partial charge in [-0.2, -0.15) is 0 Å². The Labute approximate surface area is 171 Å². The van der Waals surface area contributed by atoms with Crippen LogP contribution in [0.1, 0.15) is 12.5 Å². The summed E-state index contributed by atoms with van der Waals surface area (Å²) in [5.74, 6) is -1.39. The van der Waals surface area contributed by atoms with Crippen LogP contribution in [0.5, 0.6) is 5.75 Å². The monoisotopic (exact) mass is 404 g/mol. The van der Waals surface area contributed by atoms with Gasteiger partial charge >= 0.3 is 6.03 Å². The van der Waals surface area contributed by atoms with E-state index in [0.717, 1.165) is 27.8 Å². The molecule has 1 aliphatic rings. The third-order valence-electron chi connectivity index (χ3n) is 4.70. The zero-order valence-electron chi connectivity index (χ0n) is 16.0. The molecule has 3 aromatic carbocycles. The number of hydrogen-bond acceptors (Lipinski definition) is 4. The summed E-state index contributed by atoms with van der Waals surface area (Å²) in [6.07, 6.45) is 1.44. The van der Waals surface area contributed by atoms with Gasteiger partial charge in [-0.05, 0) is 54.3 Å². The highest BCUT2D eigenvalue weighted by Crippen LogP contribution is 2.31. The van der Waals surface area contributed by atoms with E-state index in [4.69, 9.17) is 4.74 Å².